The normalized spacial score (nSPS) is 10.1. The number of nitrogens with two attached hydrogens (primary N) is 1. The lowest BCUT2D eigenvalue weighted by Crippen LogP contribution is -2.00. The first kappa shape index (κ1) is 10.4. The van der Waals surface area contributed by atoms with Crippen molar-refractivity contribution in [2.24, 2.45) is 5.73 Å². The zero-order valence-corrected chi connectivity index (χ0v) is 8.77. The summed E-state index contributed by atoms with van der Waals surface area (Å²) in [6.45, 7) is 4.27. The Balaban J connectivity index is 3.01. The van der Waals surface area contributed by atoms with Gasteiger partial charge in [0.1, 0.15) is 5.82 Å². The van der Waals surface area contributed by atoms with Crippen molar-refractivity contribution in [2.45, 2.75) is 6.42 Å². The van der Waals surface area contributed by atoms with Gasteiger partial charge in [0.2, 0.25) is 0 Å². The third kappa shape index (κ3) is 2.39. The molecule has 0 aliphatic carbocycles. The Morgan fingerprint density at radius 3 is 2.85 bits per heavy atom. The summed E-state index contributed by atoms with van der Waals surface area (Å²) >= 11 is 3.12. The largest absolute Gasteiger partial charge is 0.330 e. The van der Waals surface area contributed by atoms with Gasteiger partial charge in [0.05, 0.1) is 4.47 Å². The van der Waals surface area contributed by atoms with Crippen LogP contribution in [-0.4, -0.2) is 6.54 Å². The molecule has 1 rings (SSSR count). The summed E-state index contributed by atoms with van der Waals surface area (Å²) in [6, 6.07) is 5.15. The minimum absolute atomic E-state index is 0.263. The molecular formula is C10H11BrFN. The summed E-state index contributed by atoms with van der Waals surface area (Å²) in [5.41, 5.74) is 6.64. The van der Waals surface area contributed by atoms with Crippen molar-refractivity contribution in [1.82, 2.24) is 0 Å². The predicted octanol–water partition coefficient (Wildman–Crippen LogP) is 2.95. The van der Waals surface area contributed by atoms with Crippen molar-refractivity contribution in [3.8, 4) is 0 Å². The molecule has 0 heterocycles. The molecular weight excluding hydrogens is 233 g/mol. The van der Waals surface area contributed by atoms with Gasteiger partial charge in [-0.2, -0.15) is 0 Å². The monoisotopic (exact) mass is 243 g/mol. The fourth-order valence-electron chi connectivity index (χ4n) is 1.09. The third-order valence-corrected chi connectivity index (χ3v) is 2.39. The highest BCUT2D eigenvalue weighted by molar-refractivity contribution is 9.10. The topological polar surface area (TPSA) is 26.0 Å². The zero-order valence-electron chi connectivity index (χ0n) is 7.19. The van der Waals surface area contributed by atoms with Gasteiger partial charge in [-0.15, -0.1) is 0 Å². The van der Waals surface area contributed by atoms with Gasteiger partial charge in [0.25, 0.3) is 0 Å². The number of benzene rings is 1. The Hall–Kier alpha value is -0.670. The molecule has 0 saturated carbocycles. The lowest BCUT2D eigenvalue weighted by atomic mass is 10.0. The average Bonchev–Trinajstić information content (AvgIpc) is 2.10. The molecule has 0 radical (unpaired) electrons. The van der Waals surface area contributed by atoms with Crippen molar-refractivity contribution in [3.63, 3.8) is 0 Å². The van der Waals surface area contributed by atoms with Crippen LogP contribution in [0.15, 0.2) is 29.3 Å². The van der Waals surface area contributed by atoms with Crippen LogP contribution in [0.4, 0.5) is 4.39 Å². The molecule has 1 aromatic carbocycles. The van der Waals surface area contributed by atoms with E-state index in [0.29, 0.717) is 23.0 Å². The Labute approximate surface area is 85.6 Å². The van der Waals surface area contributed by atoms with Gasteiger partial charge in [-0.05, 0) is 40.5 Å². The van der Waals surface area contributed by atoms with Gasteiger partial charge in [0.15, 0.2) is 0 Å². The van der Waals surface area contributed by atoms with Crippen molar-refractivity contribution in [3.05, 3.63) is 40.6 Å². The maximum absolute atomic E-state index is 13.4. The van der Waals surface area contributed by atoms with Crippen LogP contribution < -0.4 is 5.73 Å². The molecule has 1 aromatic rings. The number of halogens is 2. The Morgan fingerprint density at radius 2 is 2.23 bits per heavy atom. The van der Waals surface area contributed by atoms with Crippen molar-refractivity contribution < 1.29 is 4.39 Å². The fraction of sp³-hybridized carbons (Fsp3) is 0.200. The molecule has 0 atom stereocenters. The van der Waals surface area contributed by atoms with Crippen LogP contribution in [0.1, 0.15) is 12.0 Å². The van der Waals surface area contributed by atoms with Crippen molar-refractivity contribution in [1.29, 1.82) is 0 Å². The van der Waals surface area contributed by atoms with E-state index in [1.54, 1.807) is 18.2 Å². The van der Waals surface area contributed by atoms with Crippen LogP contribution in [0.25, 0.3) is 5.57 Å². The van der Waals surface area contributed by atoms with E-state index in [1.165, 1.54) is 0 Å². The second-order valence-electron chi connectivity index (χ2n) is 2.74. The number of hydrogen-bond acceptors (Lipinski definition) is 1. The van der Waals surface area contributed by atoms with E-state index in [4.69, 9.17) is 5.73 Å². The summed E-state index contributed by atoms with van der Waals surface area (Å²) in [7, 11) is 0. The van der Waals surface area contributed by atoms with Gasteiger partial charge in [-0.25, -0.2) is 4.39 Å². The molecule has 0 spiro atoms. The van der Waals surface area contributed by atoms with Gasteiger partial charge >= 0.3 is 0 Å². The summed E-state index contributed by atoms with van der Waals surface area (Å²) < 4.78 is 13.9. The fourth-order valence-corrected chi connectivity index (χ4v) is 1.45. The minimum Gasteiger partial charge on any atom is -0.330 e. The first-order valence-electron chi connectivity index (χ1n) is 3.99. The van der Waals surface area contributed by atoms with Crippen LogP contribution in [-0.2, 0) is 0 Å². The summed E-state index contributed by atoms with van der Waals surface area (Å²) in [6.07, 6.45) is 0.618. The van der Waals surface area contributed by atoms with Gasteiger partial charge in [-0.1, -0.05) is 18.7 Å². The molecule has 3 heteroatoms. The quantitative estimate of drug-likeness (QED) is 0.869. The van der Waals surface area contributed by atoms with E-state index in [2.05, 4.69) is 22.5 Å². The van der Waals surface area contributed by atoms with E-state index in [1.807, 2.05) is 0 Å². The number of rotatable bonds is 3. The first-order chi connectivity index (χ1) is 6.16. The van der Waals surface area contributed by atoms with Crippen LogP contribution >= 0.6 is 15.9 Å². The number of hydrogen-bond donors (Lipinski definition) is 1. The molecule has 0 unspecified atom stereocenters. The second-order valence-corrected chi connectivity index (χ2v) is 3.60. The van der Waals surface area contributed by atoms with Crippen LogP contribution in [0.5, 0.6) is 0 Å². The smallest absolute Gasteiger partial charge is 0.144 e. The zero-order chi connectivity index (χ0) is 9.84. The Kier molecular flexibility index (Phi) is 3.63. The molecule has 0 amide bonds. The molecule has 0 saturated heterocycles. The van der Waals surface area contributed by atoms with Crippen molar-refractivity contribution in [2.75, 3.05) is 6.54 Å². The summed E-state index contributed by atoms with van der Waals surface area (Å²) in [4.78, 5) is 0. The van der Waals surface area contributed by atoms with E-state index >= 15 is 0 Å². The lowest BCUT2D eigenvalue weighted by Gasteiger charge is -2.06. The van der Waals surface area contributed by atoms with E-state index in [0.717, 1.165) is 5.57 Å². The predicted molar refractivity (Wildman–Crippen MR) is 56.8 cm³/mol. The van der Waals surface area contributed by atoms with Crippen LogP contribution in [0, 0.1) is 5.82 Å². The summed E-state index contributed by atoms with van der Waals surface area (Å²) in [5.74, 6) is -0.263. The highest BCUT2D eigenvalue weighted by Gasteiger charge is 2.07. The van der Waals surface area contributed by atoms with Gasteiger partial charge in [0, 0.05) is 5.56 Å². The van der Waals surface area contributed by atoms with Crippen molar-refractivity contribution >= 4 is 21.5 Å². The highest BCUT2D eigenvalue weighted by atomic mass is 79.9. The molecule has 70 valence electrons. The van der Waals surface area contributed by atoms with Crippen LogP contribution in [0.2, 0.25) is 0 Å². The van der Waals surface area contributed by atoms with Crippen LogP contribution in [0.3, 0.4) is 0 Å². The first-order valence-corrected chi connectivity index (χ1v) is 4.78. The molecule has 0 aliphatic heterocycles. The molecule has 0 aliphatic rings. The van der Waals surface area contributed by atoms with E-state index in [9.17, 15) is 4.39 Å². The maximum Gasteiger partial charge on any atom is 0.144 e. The molecule has 0 bridgehead atoms. The van der Waals surface area contributed by atoms with E-state index < -0.39 is 0 Å². The SMILES string of the molecule is C=C(CCN)c1cccc(Br)c1F. The van der Waals surface area contributed by atoms with Gasteiger partial charge in [-0.3, -0.25) is 0 Å². The summed E-state index contributed by atoms with van der Waals surface area (Å²) in [5, 5.41) is 0. The molecule has 0 fully saturated rings. The van der Waals surface area contributed by atoms with E-state index in [-0.39, 0.29) is 5.82 Å². The molecule has 0 aromatic heterocycles. The van der Waals surface area contributed by atoms with Gasteiger partial charge < -0.3 is 5.73 Å². The maximum atomic E-state index is 13.4. The molecule has 2 N–H and O–H groups in total. The standard InChI is InChI=1S/C10H11BrFN/c1-7(5-6-13)8-3-2-4-9(11)10(8)12/h2-4H,1,5-6,13H2. The average molecular weight is 244 g/mol. The Morgan fingerprint density at radius 1 is 1.54 bits per heavy atom. The minimum atomic E-state index is -0.263. The highest BCUT2D eigenvalue weighted by Crippen LogP contribution is 2.24. The lowest BCUT2D eigenvalue weighted by molar-refractivity contribution is 0.616. The molecule has 1 nitrogen and oxygen atoms in total. The second kappa shape index (κ2) is 4.53. The third-order valence-electron chi connectivity index (χ3n) is 1.78. The Bertz CT molecular complexity index is 323. The molecule has 13 heavy (non-hydrogen) atoms.